The van der Waals surface area contributed by atoms with Crippen molar-refractivity contribution in [3.05, 3.63) is 0 Å². The summed E-state index contributed by atoms with van der Waals surface area (Å²) in [7, 11) is -3.21. The van der Waals surface area contributed by atoms with Gasteiger partial charge in [-0.3, -0.25) is 4.99 Å². The molecule has 1 aliphatic carbocycles. The number of amidine groups is 1. The Labute approximate surface area is 104 Å². The smallest absolute Gasteiger partial charge is 0.209 e. The van der Waals surface area contributed by atoms with E-state index in [1.54, 1.807) is 13.8 Å². The van der Waals surface area contributed by atoms with Crippen LogP contribution in [0, 0.1) is 5.92 Å². The van der Waals surface area contributed by atoms with Crippen LogP contribution in [0.1, 0.15) is 39.5 Å². The molecule has 0 unspecified atom stereocenters. The SMILES string of the molecule is CC(C)(CN=C(N)C1CCCC1)NS(C)(=O)=O. The van der Waals surface area contributed by atoms with E-state index in [4.69, 9.17) is 5.73 Å². The lowest BCUT2D eigenvalue weighted by Gasteiger charge is -2.23. The Kier molecular flexibility index (Phi) is 4.55. The van der Waals surface area contributed by atoms with Crippen molar-refractivity contribution < 1.29 is 8.42 Å². The Bertz CT molecular complexity index is 382. The molecule has 0 amide bonds. The summed E-state index contributed by atoms with van der Waals surface area (Å²) in [5, 5.41) is 0. The average Bonchev–Trinajstić information content (AvgIpc) is 2.63. The van der Waals surface area contributed by atoms with Crippen molar-refractivity contribution in [3.8, 4) is 0 Å². The Morgan fingerprint density at radius 3 is 2.41 bits per heavy atom. The highest BCUT2D eigenvalue weighted by molar-refractivity contribution is 7.88. The zero-order valence-electron chi connectivity index (χ0n) is 10.9. The lowest BCUT2D eigenvalue weighted by Crippen LogP contribution is -2.45. The third-order valence-corrected chi connectivity index (χ3v) is 3.82. The fourth-order valence-electron chi connectivity index (χ4n) is 2.17. The summed E-state index contributed by atoms with van der Waals surface area (Å²) in [5.74, 6) is 1.06. The molecule has 0 heterocycles. The minimum Gasteiger partial charge on any atom is -0.387 e. The molecule has 0 radical (unpaired) electrons. The monoisotopic (exact) mass is 261 g/mol. The van der Waals surface area contributed by atoms with E-state index in [9.17, 15) is 8.42 Å². The normalized spacial score (nSPS) is 19.8. The summed E-state index contributed by atoms with van der Waals surface area (Å²) in [6, 6.07) is 0. The molecular formula is C11H23N3O2S. The van der Waals surface area contributed by atoms with E-state index < -0.39 is 15.6 Å². The largest absolute Gasteiger partial charge is 0.387 e. The summed E-state index contributed by atoms with van der Waals surface area (Å²) in [5.41, 5.74) is 5.34. The lowest BCUT2D eigenvalue weighted by molar-refractivity contribution is 0.464. The second kappa shape index (κ2) is 5.35. The first-order chi connectivity index (χ1) is 7.70. The van der Waals surface area contributed by atoms with E-state index in [1.807, 2.05) is 0 Å². The van der Waals surface area contributed by atoms with Crippen molar-refractivity contribution >= 4 is 15.9 Å². The highest BCUT2D eigenvalue weighted by Crippen LogP contribution is 2.24. The van der Waals surface area contributed by atoms with Crippen molar-refractivity contribution in [1.82, 2.24) is 4.72 Å². The van der Waals surface area contributed by atoms with Crippen LogP contribution < -0.4 is 10.5 Å². The van der Waals surface area contributed by atoms with Gasteiger partial charge in [0.15, 0.2) is 0 Å². The molecule has 17 heavy (non-hydrogen) atoms. The van der Waals surface area contributed by atoms with Gasteiger partial charge in [0.1, 0.15) is 0 Å². The van der Waals surface area contributed by atoms with Gasteiger partial charge in [0.25, 0.3) is 0 Å². The number of hydrogen-bond acceptors (Lipinski definition) is 3. The molecule has 1 saturated carbocycles. The zero-order valence-corrected chi connectivity index (χ0v) is 11.7. The first-order valence-corrected chi connectivity index (χ1v) is 7.87. The first-order valence-electron chi connectivity index (χ1n) is 5.98. The van der Waals surface area contributed by atoms with Crippen LogP contribution in [0.2, 0.25) is 0 Å². The summed E-state index contributed by atoms with van der Waals surface area (Å²) in [4.78, 5) is 4.33. The van der Waals surface area contributed by atoms with Crippen LogP contribution in [-0.4, -0.2) is 32.6 Å². The van der Waals surface area contributed by atoms with Gasteiger partial charge in [-0.05, 0) is 26.7 Å². The Morgan fingerprint density at radius 1 is 1.41 bits per heavy atom. The molecule has 0 aromatic carbocycles. The van der Waals surface area contributed by atoms with Gasteiger partial charge in [0.2, 0.25) is 10.0 Å². The van der Waals surface area contributed by atoms with Crippen LogP contribution in [0.15, 0.2) is 4.99 Å². The summed E-state index contributed by atoms with van der Waals surface area (Å²) >= 11 is 0. The quantitative estimate of drug-likeness (QED) is 0.568. The van der Waals surface area contributed by atoms with Crippen molar-refractivity contribution in [3.63, 3.8) is 0 Å². The number of nitrogens with one attached hydrogen (secondary N) is 1. The Hall–Kier alpha value is -0.620. The molecule has 100 valence electrons. The summed E-state index contributed by atoms with van der Waals surface area (Å²) in [6.45, 7) is 3.99. The maximum absolute atomic E-state index is 11.2. The lowest BCUT2D eigenvalue weighted by atomic mass is 10.1. The third kappa shape index (κ3) is 5.50. The fourth-order valence-corrected chi connectivity index (χ4v) is 3.24. The zero-order chi connectivity index (χ0) is 13.1. The van der Waals surface area contributed by atoms with Gasteiger partial charge in [-0.25, -0.2) is 13.1 Å². The average molecular weight is 261 g/mol. The predicted molar refractivity (Wildman–Crippen MR) is 70.5 cm³/mol. The van der Waals surface area contributed by atoms with Gasteiger partial charge in [-0.2, -0.15) is 0 Å². The number of nitrogens with zero attached hydrogens (tertiary/aromatic N) is 1. The molecule has 1 rings (SSSR count). The van der Waals surface area contributed by atoms with Gasteiger partial charge in [-0.1, -0.05) is 12.8 Å². The van der Waals surface area contributed by atoms with Gasteiger partial charge < -0.3 is 5.73 Å². The predicted octanol–water partition coefficient (Wildman–Crippen LogP) is 0.862. The topological polar surface area (TPSA) is 84.5 Å². The molecule has 0 saturated heterocycles. The van der Waals surface area contributed by atoms with E-state index >= 15 is 0 Å². The molecule has 1 fully saturated rings. The molecule has 6 heteroatoms. The van der Waals surface area contributed by atoms with E-state index in [-0.39, 0.29) is 0 Å². The van der Waals surface area contributed by atoms with Crippen LogP contribution in [-0.2, 0) is 10.0 Å². The number of hydrogen-bond donors (Lipinski definition) is 2. The molecule has 5 nitrogen and oxygen atoms in total. The summed E-state index contributed by atoms with van der Waals surface area (Å²) in [6.07, 6.45) is 5.79. The second-order valence-corrected chi connectivity index (χ2v) is 7.23. The molecule has 0 bridgehead atoms. The first kappa shape index (κ1) is 14.4. The van der Waals surface area contributed by atoms with E-state index in [2.05, 4.69) is 9.71 Å². The van der Waals surface area contributed by atoms with Gasteiger partial charge in [0.05, 0.1) is 18.6 Å². The van der Waals surface area contributed by atoms with Crippen LogP contribution in [0.25, 0.3) is 0 Å². The van der Waals surface area contributed by atoms with E-state index in [0.717, 1.165) is 19.1 Å². The van der Waals surface area contributed by atoms with Crippen LogP contribution >= 0.6 is 0 Å². The van der Waals surface area contributed by atoms with Crippen LogP contribution in [0.4, 0.5) is 0 Å². The highest BCUT2D eigenvalue weighted by Gasteiger charge is 2.23. The Balaban J connectivity index is 2.55. The molecular weight excluding hydrogens is 238 g/mol. The van der Waals surface area contributed by atoms with Crippen molar-refractivity contribution in [1.29, 1.82) is 0 Å². The molecule has 0 aliphatic heterocycles. The van der Waals surface area contributed by atoms with Crippen molar-refractivity contribution in [2.45, 2.75) is 45.1 Å². The molecule has 0 spiro atoms. The van der Waals surface area contributed by atoms with Gasteiger partial charge in [-0.15, -0.1) is 0 Å². The Morgan fingerprint density at radius 2 is 1.94 bits per heavy atom. The minimum atomic E-state index is -3.21. The molecule has 0 aromatic heterocycles. The van der Waals surface area contributed by atoms with E-state index in [0.29, 0.717) is 18.3 Å². The molecule has 0 aromatic rings. The van der Waals surface area contributed by atoms with Crippen molar-refractivity contribution in [2.75, 3.05) is 12.8 Å². The third-order valence-electron chi connectivity index (χ3n) is 2.89. The van der Waals surface area contributed by atoms with Crippen LogP contribution in [0.3, 0.4) is 0 Å². The number of aliphatic imine (C=N–C) groups is 1. The highest BCUT2D eigenvalue weighted by atomic mass is 32.2. The number of rotatable bonds is 5. The molecule has 3 N–H and O–H groups in total. The summed E-state index contributed by atoms with van der Waals surface area (Å²) < 4.78 is 24.9. The van der Waals surface area contributed by atoms with Crippen LogP contribution in [0.5, 0.6) is 0 Å². The standard InChI is InChI=1S/C11H23N3O2S/c1-11(2,14-17(3,15)16)8-13-10(12)9-6-4-5-7-9/h9,14H,4-8H2,1-3H3,(H2,12,13). The number of nitrogens with two attached hydrogens (primary N) is 1. The van der Waals surface area contributed by atoms with Gasteiger partial charge in [0, 0.05) is 11.5 Å². The second-order valence-electron chi connectivity index (χ2n) is 5.48. The van der Waals surface area contributed by atoms with E-state index in [1.165, 1.54) is 12.8 Å². The maximum atomic E-state index is 11.2. The maximum Gasteiger partial charge on any atom is 0.209 e. The van der Waals surface area contributed by atoms with Gasteiger partial charge >= 0.3 is 0 Å². The number of sulfonamides is 1. The minimum absolute atomic E-state index is 0.377. The van der Waals surface area contributed by atoms with Crippen molar-refractivity contribution in [2.24, 2.45) is 16.6 Å². The fraction of sp³-hybridized carbons (Fsp3) is 0.909. The molecule has 0 atom stereocenters. The molecule has 1 aliphatic rings.